The highest BCUT2D eigenvalue weighted by atomic mass is 19.4. The molecule has 2 fully saturated rings. The third-order valence-corrected chi connectivity index (χ3v) is 4.53. The maximum absolute atomic E-state index is 12.2. The Morgan fingerprint density at radius 1 is 1.17 bits per heavy atom. The van der Waals surface area contributed by atoms with Crippen LogP contribution in [0.2, 0.25) is 0 Å². The number of rotatable bonds is 4. The van der Waals surface area contributed by atoms with Crippen molar-refractivity contribution in [1.82, 2.24) is 10.2 Å². The average Bonchev–Trinajstić information content (AvgIpc) is 3.05. The van der Waals surface area contributed by atoms with Gasteiger partial charge >= 0.3 is 6.36 Å². The first kappa shape index (κ1) is 16.1. The van der Waals surface area contributed by atoms with Crippen LogP contribution in [-0.2, 0) is 11.2 Å². The van der Waals surface area contributed by atoms with Gasteiger partial charge in [0.2, 0.25) is 5.91 Å². The summed E-state index contributed by atoms with van der Waals surface area (Å²) in [6, 6.07) is 5.69. The minimum atomic E-state index is -4.68. The van der Waals surface area contributed by atoms with E-state index >= 15 is 0 Å². The SMILES string of the molecule is O=C(CCc1ccc(OC(F)(F)F)cc1)N1C[C@@H]2CNC[C@H]2C1. The molecule has 2 atom stereocenters. The Kier molecular flexibility index (Phi) is 4.48. The molecule has 0 aliphatic carbocycles. The highest BCUT2D eigenvalue weighted by Gasteiger charge is 2.37. The zero-order chi connectivity index (χ0) is 16.4. The fraction of sp³-hybridized carbons (Fsp3) is 0.562. The van der Waals surface area contributed by atoms with Crippen molar-refractivity contribution in [2.45, 2.75) is 19.2 Å². The van der Waals surface area contributed by atoms with E-state index in [4.69, 9.17) is 0 Å². The fourth-order valence-corrected chi connectivity index (χ4v) is 3.33. The summed E-state index contributed by atoms with van der Waals surface area (Å²) in [4.78, 5) is 14.2. The monoisotopic (exact) mass is 328 g/mol. The molecule has 1 aromatic carbocycles. The summed E-state index contributed by atoms with van der Waals surface area (Å²) >= 11 is 0. The Morgan fingerprint density at radius 3 is 2.35 bits per heavy atom. The summed E-state index contributed by atoms with van der Waals surface area (Å²) in [7, 11) is 0. The van der Waals surface area contributed by atoms with Gasteiger partial charge in [0.1, 0.15) is 5.75 Å². The van der Waals surface area contributed by atoms with Gasteiger partial charge in [0.05, 0.1) is 0 Å². The maximum atomic E-state index is 12.2. The van der Waals surface area contributed by atoms with Crippen LogP contribution in [0.4, 0.5) is 13.2 Å². The molecule has 2 heterocycles. The molecule has 0 spiro atoms. The number of nitrogens with zero attached hydrogens (tertiary/aromatic N) is 1. The molecule has 0 saturated carbocycles. The highest BCUT2D eigenvalue weighted by molar-refractivity contribution is 5.76. The van der Waals surface area contributed by atoms with Gasteiger partial charge in [-0.2, -0.15) is 0 Å². The predicted octanol–water partition coefficient (Wildman–Crippen LogP) is 2.20. The number of carbonyl (C=O) groups excluding carboxylic acids is 1. The number of carbonyl (C=O) groups is 1. The van der Waals surface area contributed by atoms with Gasteiger partial charge < -0.3 is 15.0 Å². The van der Waals surface area contributed by atoms with Gasteiger partial charge in [-0.15, -0.1) is 13.2 Å². The minimum absolute atomic E-state index is 0.120. The number of likely N-dealkylation sites (tertiary alicyclic amines) is 1. The van der Waals surface area contributed by atoms with Gasteiger partial charge in [0, 0.05) is 32.6 Å². The zero-order valence-electron chi connectivity index (χ0n) is 12.6. The fourth-order valence-electron chi connectivity index (χ4n) is 3.33. The Labute approximate surface area is 132 Å². The maximum Gasteiger partial charge on any atom is 0.573 e. The number of fused-ring (bicyclic) bond motifs is 1. The number of amides is 1. The van der Waals surface area contributed by atoms with Crippen LogP contribution < -0.4 is 10.1 Å². The van der Waals surface area contributed by atoms with Gasteiger partial charge in [-0.25, -0.2) is 0 Å². The Bertz CT molecular complexity index is 547. The Balaban J connectivity index is 1.47. The summed E-state index contributed by atoms with van der Waals surface area (Å²) in [6.07, 6.45) is -3.78. The van der Waals surface area contributed by atoms with Crippen molar-refractivity contribution in [2.75, 3.05) is 26.2 Å². The molecule has 2 saturated heterocycles. The van der Waals surface area contributed by atoms with Crippen LogP contribution in [0.25, 0.3) is 0 Å². The van der Waals surface area contributed by atoms with Crippen LogP contribution >= 0.6 is 0 Å². The van der Waals surface area contributed by atoms with Crippen molar-refractivity contribution in [1.29, 1.82) is 0 Å². The summed E-state index contributed by atoms with van der Waals surface area (Å²) in [5.41, 5.74) is 0.828. The topological polar surface area (TPSA) is 41.6 Å². The van der Waals surface area contributed by atoms with Gasteiger partial charge in [-0.05, 0) is 36.0 Å². The molecular formula is C16H19F3N2O2. The van der Waals surface area contributed by atoms with E-state index < -0.39 is 6.36 Å². The number of alkyl halides is 3. The Morgan fingerprint density at radius 2 is 1.78 bits per heavy atom. The lowest BCUT2D eigenvalue weighted by Crippen LogP contribution is -2.31. The molecule has 0 unspecified atom stereocenters. The molecule has 1 aromatic rings. The standard InChI is InChI=1S/C16H19F3N2O2/c17-16(18,19)23-14-4-1-11(2-5-14)3-6-15(22)21-9-12-7-20-8-13(12)10-21/h1-2,4-5,12-13,20H,3,6-10H2/t12-,13-/m0/s1. The lowest BCUT2D eigenvalue weighted by molar-refractivity contribution is -0.274. The molecule has 2 aliphatic rings. The number of nitrogens with one attached hydrogen (secondary N) is 1. The number of hydrogen-bond donors (Lipinski definition) is 1. The zero-order valence-corrected chi connectivity index (χ0v) is 12.6. The number of benzene rings is 1. The largest absolute Gasteiger partial charge is 0.573 e. The number of hydrogen-bond acceptors (Lipinski definition) is 3. The first-order valence-corrected chi connectivity index (χ1v) is 7.74. The van der Waals surface area contributed by atoms with E-state index in [1.54, 1.807) is 12.1 Å². The van der Waals surface area contributed by atoms with E-state index in [2.05, 4.69) is 10.1 Å². The molecule has 3 rings (SSSR count). The molecule has 0 bridgehead atoms. The minimum Gasteiger partial charge on any atom is -0.406 e. The van der Waals surface area contributed by atoms with Crippen LogP contribution in [0.5, 0.6) is 5.75 Å². The summed E-state index contributed by atoms with van der Waals surface area (Å²) in [6.45, 7) is 3.59. The van der Waals surface area contributed by atoms with Crippen LogP contribution in [0.3, 0.4) is 0 Å². The molecule has 0 aromatic heterocycles. The third-order valence-electron chi connectivity index (χ3n) is 4.53. The smallest absolute Gasteiger partial charge is 0.406 e. The van der Waals surface area contributed by atoms with Crippen molar-refractivity contribution < 1.29 is 22.7 Å². The summed E-state index contributed by atoms with van der Waals surface area (Å²) in [5, 5.41) is 3.33. The van der Waals surface area contributed by atoms with E-state index in [0.29, 0.717) is 24.7 Å². The normalized spacial score (nSPS) is 23.9. The van der Waals surface area contributed by atoms with E-state index in [1.807, 2.05) is 4.90 Å². The second-order valence-electron chi connectivity index (χ2n) is 6.17. The van der Waals surface area contributed by atoms with E-state index in [1.165, 1.54) is 12.1 Å². The lowest BCUT2D eigenvalue weighted by atomic mass is 10.0. The van der Waals surface area contributed by atoms with Gasteiger partial charge in [-0.3, -0.25) is 4.79 Å². The number of ether oxygens (including phenoxy) is 1. The van der Waals surface area contributed by atoms with Crippen molar-refractivity contribution in [3.8, 4) is 5.75 Å². The van der Waals surface area contributed by atoms with E-state index in [9.17, 15) is 18.0 Å². The quantitative estimate of drug-likeness (QED) is 0.921. The van der Waals surface area contributed by atoms with Crippen LogP contribution in [0.1, 0.15) is 12.0 Å². The van der Waals surface area contributed by atoms with Crippen molar-refractivity contribution in [3.63, 3.8) is 0 Å². The molecule has 7 heteroatoms. The van der Waals surface area contributed by atoms with E-state index in [-0.39, 0.29) is 11.7 Å². The number of aryl methyl sites for hydroxylation is 1. The average molecular weight is 328 g/mol. The lowest BCUT2D eigenvalue weighted by Gasteiger charge is -2.17. The molecule has 4 nitrogen and oxygen atoms in total. The Hall–Kier alpha value is -1.76. The molecule has 1 amide bonds. The van der Waals surface area contributed by atoms with Crippen LogP contribution in [0, 0.1) is 11.8 Å². The molecule has 126 valence electrons. The molecular weight excluding hydrogens is 309 g/mol. The molecule has 0 radical (unpaired) electrons. The first-order valence-electron chi connectivity index (χ1n) is 7.74. The van der Waals surface area contributed by atoms with Crippen LogP contribution in [0.15, 0.2) is 24.3 Å². The van der Waals surface area contributed by atoms with Gasteiger partial charge in [0.15, 0.2) is 0 Å². The molecule has 2 aliphatic heterocycles. The predicted molar refractivity (Wildman–Crippen MR) is 77.9 cm³/mol. The first-order chi connectivity index (χ1) is 10.9. The third kappa shape index (κ3) is 4.16. The van der Waals surface area contributed by atoms with Gasteiger partial charge in [0.25, 0.3) is 0 Å². The highest BCUT2D eigenvalue weighted by Crippen LogP contribution is 2.27. The van der Waals surface area contributed by atoms with Crippen molar-refractivity contribution in [3.05, 3.63) is 29.8 Å². The second-order valence-corrected chi connectivity index (χ2v) is 6.17. The van der Waals surface area contributed by atoms with Crippen LogP contribution in [-0.4, -0.2) is 43.3 Å². The second kappa shape index (κ2) is 6.39. The van der Waals surface area contributed by atoms with Gasteiger partial charge in [-0.1, -0.05) is 12.1 Å². The number of halogens is 3. The van der Waals surface area contributed by atoms with Crippen molar-refractivity contribution in [2.24, 2.45) is 11.8 Å². The molecule has 23 heavy (non-hydrogen) atoms. The molecule has 1 N–H and O–H groups in total. The van der Waals surface area contributed by atoms with Crippen molar-refractivity contribution >= 4 is 5.91 Å². The summed E-state index contributed by atoms with van der Waals surface area (Å²) < 4.78 is 40.1. The van der Waals surface area contributed by atoms with E-state index in [0.717, 1.165) is 31.7 Å². The summed E-state index contributed by atoms with van der Waals surface area (Å²) in [5.74, 6) is 1.01.